The van der Waals surface area contributed by atoms with E-state index in [-0.39, 0.29) is 149 Å². The summed E-state index contributed by atoms with van der Waals surface area (Å²) in [7, 11) is -10.3. The number of ether oxygens (including phenoxy) is 6. The van der Waals surface area contributed by atoms with E-state index in [2.05, 4.69) is 125 Å². The van der Waals surface area contributed by atoms with Gasteiger partial charge in [-0.05, 0) is 154 Å². The minimum Gasteiger partial charge on any atom is -0.756 e. The Hall–Kier alpha value is -3.14. The van der Waals surface area contributed by atoms with Crippen LogP contribution in [0.25, 0.3) is 0 Å². The van der Waals surface area contributed by atoms with Crippen LogP contribution in [0.15, 0.2) is 48.6 Å². The topological polar surface area (TPSA) is 357 Å². The first-order valence-corrected chi connectivity index (χ1v) is 54.4. The third-order valence-corrected chi connectivity index (χ3v) is 24.1. The summed E-state index contributed by atoms with van der Waals surface area (Å²) in [4.78, 5) is 133. The summed E-state index contributed by atoms with van der Waals surface area (Å²) in [5, 5.41) is 10.5. The Balaban J connectivity index is -0.0000819. The fourth-order valence-corrected chi connectivity index (χ4v) is 16.0. The van der Waals surface area contributed by atoms with Crippen LogP contribution < -0.4 is 90.2 Å². The van der Waals surface area contributed by atoms with Gasteiger partial charge in [-0.3, -0.25) is 47.5 Å². The molecule has 4 N–H and O–H groups in total. The first-order chi connectivity index (χ1) is 62.6. The van der Waals surface area contributed by atoms with E-state index >= 15 is 0 Å². The number of phosphoric acid groups is 2. The summed E-state index contributed by atoms with van der Waals surface area (Å²) in [6.07, 6.45) is 65.5. The largest absolute Gasteiger partial charge is 1.00 e. The van der Waals surface area contributed by atoms with Gasteiger partial charge in [0.1, 0.15) is 30.8 Å². The maximum atomic E-state index is 14.0. The summed E-state index contributed by atoms with van der Waals surface area (Å²) in [5.74, 6) is -4.09. The molecule has 0 spiro atoms. The Morgan fingerprint density at radius 1 is 0.275 bits per heavy atom. The average Bonchev–Trinajstić information content (AvgIpc) is 0.908. The molecule has 752 valence electrons. The predicted octanol–water partition coefficient (Wildman–Crippen LogP) is 17.1. The summed E-state index contributed by atoms with van der Waals surface area (Å²) in [5.41, 5.74) is 0. The van der Waals surface area contributed by atoms with Crippen molar-refractivity contribution in [1.29, 1.82) is 0 Å². The summed E-state index contributed by atoms with van der Waals surface area (Å²) in [6, 6.07) is -2.11. The van der Waals surface area contributed by atoms with Crippen molar-refractivity contribution >= 4 is 63.2 Å². The maximum Gasteiger partial charge on any atom is 1.00 e. The van der Waals surface area contributed by atoms with Gasteiger partial charge in [-0.15, -0.1) is 0 Å². The van der Waals surface area contributed by atoms with Gasteiger partial charge in [-0.25, -0.2) is 0 Å². The normalized spacial score (nSPS) is 13.9. The van der Waals surface area contributed by atoms with Crippen LogP contribution in [0.4, 0.5) is 0 Å². The number of unbranched alkanes of at least 4 members (excludes halogenated alkanes) is 36. The second-order valence-electron chi connectivity index (χ2n) is 34.8. The molecule has 0 aliphatic carbocycles. The van der Waals surface area contributed by atoms with E-state index in [4.69, 9.17) is 46.5 Å². The van der Waals surface area contributed by atoms with Gasteiger partial charge < -0.3 is 77.6 Å². The number of esters is 4. The third-order valence-electron chi connectivity index (χ3n) is 22.2. The van der Waals surface area contributed by atoms with Gasteiger partial charge in [-0.1, -0.05) is 284 Å². The van der Waals surface area contributed by atoms with Crippen molar-refractivity contribution in [2.75, 3.05) is 65.9 Å². The van der Waals surface area contributed by atoms with Gasteiger partial charge in [0.05, 0.1) is 77.8 Å². The Kier molecular flexibility index (Phi) is 97.8. The Morgan fingerprint density at radius 2 is 0.511 bits per heavy atom. The number of nitrogens with one attached hydrogen (secondary N) is 4. The van der Waals surface area contributed by atoms with Crippen molar-refractivity contribution in [1.82, 2.24) is 21.3 Å². The molecule has 0 saturated heterocycles. The van der Waals surface area contributed by atoms with Crippen LogP contribution in [0.3, 0.4) is 0 Å². The minimum absolute atomic E-state index is 0. The van der Waals surface area contributed by atoms with Gasteiger partial charge in [0.15, 0.2) is 0 Å². The van der Waals surface area contributed by atoms with Crippen molar-refractivity contribution in [2.24, 2.45) is 0 Å². The van der Waals surface area contributed by atoms with Crippen molar-refractivity contribution in [3.05, 3.63) is 48.6 Å². The van der Waals surface area contributed by atoms with Crippen LogP contribution in [0.1, 0.15) is 447 Å². The molecule has 4 amide bonds. The van der Waals surface area contributed by atoms with Crippen LogP contribution >= 0.6 is 15.6 Å². The van der Waals surface area contributed by atoms with Crippen molar-refractivity contribution in [3.63, 3.8) is 0 Å². The molecule has 8 atom stereocenters. The molecule has 0 radical (unpaired) electrons. The number of hydrogen-bond acceptors (Lipinski definition) is 22. The molecule has 30 heteroatoms. The number of hydrogen-bond donors (Lipinski definition) is 4. The van der Waals surface area contributed by atoms with Crippen LogP contribution in [0.5, 0.6) is 0 Å². The zero-order chi connectivity index (χ0) is 94.8. The molecule has 0 rings (SSSR count). The number of carbonyl (C=O) groups is 8. The monoisotopic (exact) mass is 1910 g/mol. The third kappa shape index (κ3) is 91.7. The van der Waals surface area contributed by atoms with E-state index in [0.29, 0.717) is 64.2 Å². The number of rotatable bonds is 96. The molecule has 0 heterocycles. The molecule has 0 saturated carbocycles. The molecule has 0 aliphatic rings. The SMILES string of the molecule is CCCCCC/C=C\CCCC(=O)O[C@H](CCCCCCC)CCOCC(COP(=O)([O-])OCCNC(=O)CC(=O)NCCOP(=O)([O-])OCC(COCC[C@@H](CCCCCCC)OC(=O)CCC/C=C\CCCCCC)NC(=O)C[C@@H](CCCCCCC)OC(=O)CCC/C=C\CCCCCC)NC(=O)C[C@@H](CCCCCCC)OC(=O)CCC/C=C\CCCCCC.[Na+].[Na+]. The zero-order valence-electron chi connectivity index (χ0n) is 84.2. The first kappa shape index (κ1) is 132. The van der Waals surface area contributed by atoms with E-state index in [1.54, 1.807) is 0 Å². The smallest absolute Gasteiger partial charge is 0.756 e. The predicted molar refractivity (Wildman–Crippen MR) is 514 cm³/mol. The Labute approximate surface area is 839 Å². The van der Waals surface area contributed by atoms with E-state index < -0.39 is 121 Å². The average molecular weight is 1910 g/mol. The number of amides is 4. The van der Waals surface area contributed by atoms with Crippen molar-refractivity contribution < 1.29 is 163 Å². The summed E-state index contributed by atoms with van der Waals surface area (Å²) in [6.45, 7) is 13.8. The number of carbonyl (C=O) groups excluding carboxylic acids is 8. The Bertz CT molecular complexity index is 2780. The molecule has 0 aromatic rings. The van der Waals surface area contributed by atoms with Gasteiger partial charge in [0.2, 0.25) is 23.6 Å². The molecule has 0 aromatic heterocycles. The molecular formula is C101H184N4Na2O22P2. The second kappa shape index (κ2) is 97.1. The molecule has 0 aromatic carbocycles. The molecule has 26 nitrogen and oxygen atoms in total. The first-order valence-electron chi connectivity index (χ1n) is 51.4. The minimum atomic E-state index is -5.14. The standard InChI is InChI=1S/C101H186N4O22P2.2Na/c1-9-17-25-33-37-41-45-53-61-69-98(110)124-90(65-57-49-29-21-13-5)73-77-118-84-88(104-96(108)81-92(67-59-51-31-23-15-7)126-100(112)71-63-55-47-43-39-35-27-19-11-3)86-122-128(114,115)120-79-75-102-94(106)83-95(107)103-76-80-121-129(116,117)123-87-89(85-119-78-74-91(66-58-50-30-22-14-6)125-99(111)70-62-54-46-42-38-34-26-18-10-2)105-97(109)82-93(68-60-52-32-24-16-8)127-101(113)72-64-56-48-44-40-36-28-20-12-4;;/h41-48,88-93H,9-40,49-87H2,1-8H3,(H,102,106)(H,103,107)(H,104,108)(H,105,109)(H,114,115)(H,116,117);;/q;2*+1/p-2/b45-41-,46-42-,47-43-,48-44-;;/t88?,89?,90-,91-,92-,93-;;/m1../s1. The van der Waals surface area contributed by atoms with Gasteiger partial charge in [-0.2, -0.15) is 0 Å². The van der Waals surface area contributed by atoms with Crippen molar-refractivity contribution in [3.8, 4) is 0 Å². The van der Waals surface area contributed by atoms with E-state index in [0.717, 1.165) is 205 Å². The zero-order valence-corrected chi connectivity index (χ0v) is 90.0. The maximum absolute atomic E-state index is 14.0. The molecular weight excluding hydrogens is 1730 g/mol. The van der Waals surface area contributed by atoms with Crippen LogP contribution in [0, 0.1) is 0 Å². The summed E-state index contributed by atoms with van der Waals surface area (Å²) < 4.78 is 83.7. The van der Waals surface area contributed by atoms with Crippen LogP contribution in [-0.4, -0.2) is 150 Å². The van der Waals surface area contributed by atoms with Gasteiger partial charge in [0, 0.05) is 51.6 Å². The van der Waals surface area contributed by atoms with E-state index in [1.165, 1.54) is 77.0 Å². The molecule has 131 heavy (non-hydrogen) atoms. The fraction of sp³-hybridized carbons (Fsp3) is 0.842. The molecule has 0 aliphatic heterocycles. The van der Waals surface area contributed by atoms with Crippen molar-refractivity contribution in [2.45, 2.75) is 484 Å². The van der Waals surface area contributed by atoms with Gasteiger partial charge in [0.25, 0.3) is 15.6 Å². The quantitative estimate of drug-likeness (QED) is 0.00835. The second-order valence-corrected chi connectivity index (χ2v) is 37.6. The van der Waals surface area contributed by atoms with Crippen LogP contribution in [-0.2, 0) is 94.0 Å². The fourth-order valence-electron chi connectivity index (χ4n) is 14.5. The van der Waals surface area contributed by atoms with E-state index in [1.807, 2.05) is 0 Å². The molecule has 4 unspecified atom stereocenters. The number of phosphoric ester groups is 2. The van der Waals surface area contributed by atoms with E-state index in [9.17, 15) is 57.3 Å². The van der Waals surface area contributed by atoms with Crippen LogP contribution in [0.2, 0.25) is 0 Å². The number of allylic oxidation sites excluding steroid dienone is 8. The summed E-state index contributed by atoms with van der Waals surface area (Å²) >= 11 is 0. The Morgan fingerprint density at radius 3 is 0.779 bits per heavy atom. The molecule has 0 bridgehead atoms. The molecule has 0 fully saturated rings. The van der Waals surface area contributed by atoms with Gasteiger partial charge >= 0.3 is 83.0 Å².